The zero-order valence-electron chi connectivity index (χ0n) is 20.1. The summed E-state index contributed by atoms with van der Waals surface area (Å²) < 4.78 is 21.1. The second-order valence-corrected chi connectivity index (χ2v) is 7.56. The molecule has 0 aliphatic carbocycles. The average molecular weight is 466 g/mol. The van der Waals surface area contributed by atoms with Crippen molar-refractivity contribution >= 4 is 11.9 Å². The number of methoxy groups -OCH3 is 3. The fraction of sp³-hybridized carbons (Fsp3) is 0.346. The van der Waals surface area contributed by atoms with Crippen LogP contribution < -0.4 is 19.1 Å². The number of hydrogen-bond acceptors (Lipinski definition) is 8. The van der Waals surface area contributed by atoms with Crippen molar-refractivity contribution in [3.05, 3.63) is 71.4 Å². The Bertz CT molecular complexity index is 1010. The van der Waals surface area contributed by atoms with Gasteiger partial charge in [0.25, 0.3) is 0 Å². The van der Waals surface area contributed by atoms with Crippen LogP contribution in [0.3, 0.4) is 0 Å². The minimum Gasteiger partial charge on any atom is -0.497 e. The molecule has 0 fully saturated rings. The van der Waals surface area contributed by atoms with Crippen molar-refractivity contribution < 1.29 is 23.7 Å². The molecule has 3 rings (SSSR count). The molecule has 0 radical (unpaired) electrons. The number of rotatable bonds is 12. The lowest BCUT2D eigenvalue weighted by Crippen LogP contribution is -2.24. The van der Waals surface area contributed by atoms with Gasteiger partial charge in [0, 0.05) is 31.3 Å². The standard InChI is InChI=1S/C26H31N3O5/c1-5-34-24(30)15-10-21-16-27-26(28-25(21)33-4)29(17-19-6-11-22(31-2)12-7-19)18-20-8-13-23(32-3)14-9-20/h6-9,11-14,16H,5,10,15,17-18H2,1-4H3. The summed E-state index contributed by atoms with van der Waals surface area (Å²) in [7, 11) is 4.86. The topological polar surface area (TPSA) is 83.0 Å². The van der Waals surface area contributed by atoms with Crippen LogP contribution in [0, 0.1) is 0 Å². The van der Waals surface area contributed by atoms with Crippen molar-refractivity contribution in [2.75, 3.05) is 32.8 Å². The predicted octanol–water partition coefficient (Wildman–Crippen LogP) is 4.20. The first-order valence-electron chi connectivity index (χ1n) is 11.1. The van der Waals surface area contributed by atoms with E-state index in [0.717, 1.165) is 28.2 Å². The van der Waals surface area contributed by atoms with Crippen LogP contribution in [0.4, 0.5) is 5.95 Å². The van der Waals surface area contributed by atoms with Crippen LogP contribution in [0.5, 0.6) is 17.4 Å². The van der Waals surface area contributed by atoms with Gasteiger partial charge in [-0.1, -0.05) is 24.3 Å². The Labute approximate surface area is 200 Å². The number of ether oxygens (including phenoxy) is 4. The monoisotopic (exact) mass is 465 g/mol. The summed E-state index contributed by atoms with van der Waals surface area (Å²) in [5.41, 5.74) is 2.93. The molecule has 180 valence electrons. The highest BCUT2D eigenvalue weighted by molar-refractivity contribution is 5.69. The smallest absolute Gasteiger partial charge is 0.306 e. The van der Waals surface area contributed by atoms with E-state index in [1.54, 1.807) is 34.4 Å². The SMILES string of the molecule is CCOC(=O)CCc1cnc(N(Cc2ccc(OC)cc2)Cc2ccc(OC)cc2)nc1OC. The molecule has 0 atom stereocenters. The first kappa shape index (κ1) is 24.8. The van der Waals surface area contributed by atoms with Gasteiger partial charge >= 0.3 is 5.97 Å². The summed E-state index contributed by atoms with van der Waals surface area (Å²) in [5, 5.41) is 0. The number of carbonyl (C=O) groups is 1. The quantitative estimate of drug-likeness (QED) is 0.368. The van der Waals surface area contributed by atoms with Crippen LogP contribution in [0.25, 0.3) is 0 Å². The molecule has 0 unspecified atom stereocenters. The van der Waals surface area contributed by atoms with Crippen LogP contribution in [-0.4, -0.2) is 43.9 Å². The van der Waals surface area contributed by atoms with Crippen LogP contribution in [-0.2, 0) is 29.0 Å². The second kappa shape index (κ2) is 12.4. The summed E-state index contributed by atoms with van der Waals surface area (Å²) in [6, 6.07) is 15.8. The van der Waals surface area contributed by atoms with Crippen molar-refractivity contribution in [3.63, 3.8) is 0 Å². The van der Waals surface area contributed by atoms with E-state index in [2.05, 4.69) is 14.9 Å². The van der Waals surface area contributed by atoms with E-state index in [0.29, 0.717) is 37.9 Å². The van der Waals surface area contributed by atoms with Gasteiger partial charge in [0.15, 0.2) is 0 Å². The Morgan fingerprint density at radius 1 is 0.853 bits per heavy atom. The number of anilines is 1. The zero-order valence-corrected chi connectivity index (χ0v) is 20.1. The van der Waals surface area contributed by atoms with Crippen LogP contribution in [0.2, 0.25) is 0 Å². The average Bonchev–Trinajstić information content (AvgIpc) is 2.88. The third kappa shape index (κ3) is 6.84. The molecule has 0 saturated heterocycles. The third-order valence-corrected chi connectivity index (χ3v) is 5.26. The van der Waals surface area contributed by atoms with Gasteiger partial charge in [-0.2, -0.15) is 4.98 Å². The minimum atomic E-state index is -0.255. The van der Waals surface area contributed by atoms with Gasteiger partial charge in [-0.15, -0.1) is 0 Å². The first-order chi connectivity index (χ1) is 16.6. The zero-order chi connectivity index (χ0) is 24.3. The molecular weight excluding hydrogens is 434 g/mol. The molecule has 0 spiro atoms. The summed E-state index contributed by atoms with van der Waals surface area (Å²) in [6.07, 6.45) is 2.41. The first-order valence-corrected chi connectivity index (χ1v) is 11.1. The molecule has 1 aromatic heterocycles. The lowest BCUT2D eigenvalue weighted by atomic mass is 10.1. The summed E-state index contributed by atoms with van der Waals surface area (Å²) in [5.74, 6) is 2.32. The van der Waals surface area contributed by atoms with Gasteiger partial charge in [-0.25, -0.2) is 4.98 Å². The van der Waals surface area contributed by atoms with Crippen molar-refractivity contribution in [1.82, 2.24) is 9.97 Å². The molecule has 2 aromatic carbocycles. The molecule has 8 nitrogen and oxygen atoms in total. The summed E-state index contributed by atoms with van der Waals surface area (Å²) >= 11 is 0. The highest BCUT2D eigenvalue weighted by Crippen LogP contribution is 2.24. The number of hydrogen-bond donors (Lipinski definition) is 0. The molecule has 0 amide bonds. The van der Waals surface area contributed by atoms with Crippen molar-refractivity contribution in [2.45, 2.75) is 32.9 Å². The van der Waals surface area contributed by atoms with Crippen molar-refractivity contribution in [2.24, 2.45) is 0 Å². The second-order valence-electron chi connectivity index (χ2n) is 7.56. The van der Waals surface area contributed by atoms with E-state index in [1.165, 1.54) is 0 Å². The Morgan fingerprint density at radius 3 is 1.88 bits per heavy atom. The lowest BCUT2D eigenvalue weighted by Gasteiger charge is -2.24. The molecule has 3 aromatic rings. The van der Waals surface area contributed by atoms with Crippen LogP contribution in [0.15, 0.2) is 54.7 Å². The van der Waals surface area contributed by atoms with Gasteiger partial charge in [0.1, 0.15) is 11.5 Å². The molecule has 1 heterocycles. The van der Waals surface area contributed by atoms with Gasteiger partial charge in [0.2, 0.25) is 11.8 Å². The Hall–Kier alpha value is -3.81. The maximum atomic E-state index is 11.8. The number of benzene rings is 2. The van der Waals surface area contributed by atoms with Crippen molar-refractivity contribution in [3.8, 4) is 17.4 Å². The Kier molecular flexibility index (Phi) is 9.08. The lowest BCUT2D eigenvalue weighted by molar-refractivity contribution is -0.143. The number of esters is 1. The van der Waals surface area contributed by atoms with Crippen LogP contribution >= 0.6 is 0 Å². The maximum Gasteiger partial charge on any atom is 0.306 e. The maximum absolute atomic E-state index is 11.8. The largest absolute Gasteiger partial charge is 0.497 e. The Morgan fingerprint density at radius 2 is 1.41 bits per heavy atom. The van der Waals surface area contributed by atoms with Crippen molar-refractivity contribution in [1.29, 1.82) is 0 Å². The summed E-state index contributed by atoms with van der Waals surface area (Å²) in [6.45, 7) is 3.32. The highest BCUT2D eigenvalue weighted by Gasteiger charge is 2.16. The molecule has 0 aliphatic heterocycles. The normalized spacial score (nSPS) is 10.5. The van der Waals surface area contributed by atoms with E-state index in [-0.39, 0.29) is 12.4 Å². The fourth-order valence-electron chi connectivity index (χ4n) is 3.45. The van der Waals surface area contributed by atoms with E-state index in [4.69, 9.17) is 18.9 Å². The van der Waals surface area contributed by atoms with Gasteiger partial charge < -0.3 is 23.8 Å². The number of aryl methyl sites for hydroxylation is 1. The molecule has 0 aliphatic rings. The van der Waals surface area contributed by atoms with E-state index >= 15 is 0 Å². The third-order valence-electron chi connectivity index (χ3n) is 5.26. The van der Waals surface area contributed by atoms with Gasteiger partial charge in [-0.3, -0.25) is 4.79 Å². The molecule has 34 heavy (non-hydrogen) atoms. The van der Waals surface area contributed by atoms with Gasteiger partial charge in [0.05, 0.1) is 27.9 Å². The minimum absolute atomic E-state index is 0.244. The van der Waals surface area contributed by atoms with E-state index in [1.807, 2.05) is 48.5 Å². The molecule has 0 bridgehead atoms. The molecule has 0 saturated carbocycles. The number of carbonyl (C=O) groups excluding carboxylic acids is 1. The van der Waals surface area contributed by atoms with Crippen LogP contribution in [0.1, 0.15) is 30.0 Å². The van der Waals surface area contributed by atoms with E-state index < -0.39 is 0 Å². The molecule has 8 heteroatoms. The number of nitrogens with zero attached hydrogens (tertiary/aromatic N) is 3. The van der Waals surface area contributed by atoms with E-state index in [9.17, 15) is 4.79 Å². The highest BCUT2D eigenvalue weighted by atomic mass is 16.5. The van der Waals surface area contributed by atoms with Gasteiger partial charge in [-0.05, 0) is 48.7 Å². The fourth-order valence-corrected chi connectivity index (χ4v) is 3.45. The molecule has 0 N–H and O–H groups in total. The summed E-state index contributed by atoms with van der Waals surface area (Å²) in [4.78, 5) is 23.1. The Balaban J connectivity index is 1.86. The molecular formula is C26H31N3O5. The predicted molar refractivity (Wildman–Crippen MR) is 129 cm³/mol. The number of aromatic nitrogens is 2.